The molecule has 3 nitrogen and oxygen atoms in total. The van der Waals surface area contributed by atoms with E-state index in [1.165, 1.54) is 6.07 Å². The highest BCUT2D eigenvalue weighted by Crippen LogP contribution is 2.27. The average molecular weight is 301 g/mol. The van der Waals surface area contributed by atoms with E-state index in [1.807, 2.05) is 20.8 Å². The first-order valence-electron chi connectivity index (χ1n) is 6.25. The molecule has 1 aromatic carbocycles. The van der Waals surface area contributed by atoms with Gasteiger partial charge in [-0.1, -0.05) is 0 Å². The Balaban J connectivity index is 2.29. The summed E-state index contributed by atoms with van der Waals surface area (Å²) in [5.41, 5.74) is 0.146. The minimum absolute atomic E-state index is 0.146. The van der Waals surface area contributed by atoms with Gasteiger partial charge in [0.15, 0.2) is 0 Å². The number of hydrogen-bond acceptors (Lipinski definition) is 2. The zero-order valence-electron chi connectivity index (χ0n) is 11.8. The fraction of sp³-hybridized carbons (Fsp3) is 0.429. The van der Waals surface area contributed by atoms with Gasteiger partial charge in [0.05, 0.1) is 27.2 Å². The predicted octanol–water partition coefficient (Wildman–Crippen LogP) is 3.82. The third kappa shape index (κ3) is 3.07. The molecule has 0 saturated heterocycles. The van der Waals surface area contributed by atoms with Gasteiger partial charge in [-0.2, -0.15) is 0 Å². The second kappa shape index (κ2) is 5.26. The molecule has 1 aromatic heterocycles. The Morgan fingerprint density at radius 3 is 2.50 bits per heavy atom. The number of rotatable bonds is 3. The van der Waals surface area contributed by atoms with Crippen LogP contribution in [0.5, 0.6) is 0 Å². The van der Waals surface area contributed by atoms with Crippen molar-refractivity contribution in [1.29, 1.82) is 0 Å². The van der Waals surface area contributed by atoms with E-state index in [4.69, 9.17) is 4.42 Å². The standard InChI is InChI=1S/C14H17F2NO2S/c1-8(17-20(18)14(2,3)4)12-7-10-11(16)5-9(15)6-13(10)19-12/h5-8,17H,1-4H3/t8-,20+/m1/s1. The maximum atomic E-state index is 13.6. The summed E-state index contributed by atoms with van der Waals surface area (Å²) in [5, 5.41) is 0.219. The first-order valence-corrected chi connectivity index (χ1v) is 7.40. The minimum Gasteiger partial charge on any atom is -0.459 e. The van der Waals surface area contributed by atoms with Crippen molar-refractivity contribution in [2.75, 3.05) is 0 Å². The van der Waals surface area contributed by atoms with Gasteiger partial charge in [-0.15, -0.1) is 0 Å². The van der Waals surface area contributed by atoms with Gasteiger partial charge < -0.3 is 4.42 Å². The largest absolute Gasteiger partial charge is 0.459 e. The third-order valence-electron chi connectivity index (χ3n) is 2.84. The van der Waals surface area contributed by atoms with E-state index < -0.39 is 27.4 Å². The van der Waals surface area contributed by atoms with E-state index in [2.05, 4.69) is 4.72 Å². The fourth-order valence-electron chi connectivity index (χ4n) is 1.69. The molecular weight excluding hydrogens is 284 g/mol. The number of furan rings is 1. The smallest absolute Gasteiger partial charge is 0.140 e. The lowest BCUT2D eigenvalue weighted by atomic mass is 10.2. The van der Waals surface area contributed by atoms with E-state index in [9.17, 15) is 13.0 Å². The van der Waals surface area contributed by atoms with Gasteiger partial charge in [-0.3, -0.25) is 0 Å². The molecule has 0 unspecified atom stereocenters. The van der Waals surface area contributed by atoms with E-state index in [0.29, 0.717) is 5.76 Å². The van der Waals surface area contributed by atoms with Crippen LogP contribution in [0.4, 0.5) is 8.78 Å². The Hall–Kier alpha value is -1.27. The van der Waals surface area contributed by atoms with Gasteiger partial charge in [0.2, 0.25) is 0 Å². The highest BCUT2D eigenvalue weighted by molar-refractivity contribution is 7.84. The second-order valence-electron chi connectivity index (χ2n) is 5.67. The van der Waals surface area contributed by atoms with Gasteiger partial charge in [0, 0.05) is 12.1 Å². The molecule has 110 valence electrons. The van der Waals surface area contributed by atoms with Crippen LogP contribution in [0.2, 0.25) is 0 Å². The van der Waals surface area contributed by atoms with Crippen LogP contribution in [0.3, 0.4) is 0 Å². The van der Waals surface area contributed by atoms with Crippen LogP contribution in [-0.2, 0) is 11.0 Å². The molecule has 0 saturated carbocycles. The minimum atomic E-state index is -1.28. The van der Waals surface area contributed by atoms with E-state index in [0.717, 1.165) is 12.1 Å². The van der Waals surface area contributed by atoms with Crippen molar-refractivity contribution in [2.45, 2.75) is 38.5 Å². The SMILES string of the molecule is C[C@@H](N[S@@](=O)C(C)(C)C)c1cc2c(F)cc(F)cc2o1. The molecule has 6 heteroatoms. The van der Waals surface area contributed by atoms with Crippen molar-refractivity contribution in [3.8, 4) is 0 Å². The normalized spacial score (nSPS) is 15.5. The summed E-state index contributed by atoms with van der Waals surface area (Å²) in [6.45, 7) is 7.29. The summed E-state index contributed by atoms with van der Waals surface area (Å²) in [4.78, 5) is 0. The van der Waals surface area contributed by atoms with E-state index >= 15 is 0 Å². The lowest BCUT2D eigenvalue weighted by Crippen LogP contribution is -2.34. The van der Waals surface area contributed by atoms with Crippen molar-refractivity contribution in [1.82, 2.24) is 4.72 Å². The second-order valence-corrected chi connectivity index (χ2v) is 7.67. The van der Waals surface area contributed by atoms with Crippen LogP contribution in [0, 0.1) is 11.6 Å². The molecule has 0 aliphatic carbocycles. The number of hydrogen-bond donors (Lipinski definition) is 1. The Bertz CT molecular complexity index is 661. The van der Waals surface area contributed by atoms with Crippen LogP contribution in [0.25, 0.3) is 11.0 Å². The van der Waals surface area contributed by atoms with Gasteiger partial charge in [-0.05, 0) is 33.8 Å². The van der Waals surface area contributed by atoms with Gasteiger partial charge in [0.1, 0.15) is 23.0 Å². The molecule has 0 spiro atoms. The lowest BCUT2D eigenvalue weighted by molar-refractivity contribution is 0.489. The molecule has 0 fully saturated rings. The molecule has 0 aliphatic rings. The maximum Gasteiger partial charge on any atom is 0.140 e. The summed E-state index contributed by atoms with van der Waals surface area (Å²) in [6, 6.07) is 3.08. The molecule has 2 rings (SSSR count). The molecule has 2 aromatic rings. The zero-order valence-corrected chi connectivity index (χ0v) is 12.6. The van der Waals surface area contributed by atoms with Crippen LogP contribution in [-0.4, -0.2) is 8.96 Å². The van der Waals surface area contributed by atoms with Crippen molar-refractivity contribution in [2.24, 2.45) is 0 Å². The molecule has 0 amide bonds. The molecule has 0 radical (unpaired) electrons. The summed E-state index contributed by atoms with van der Waals surface area (Å²) in [5.74, 6) is -0.934. The summed E-state index contributed by atoms with van der Waals surface area (Å²) in [6.07, 6.45) is 0. The van der Waals surface area contributed by atoms with Crippen molar-refractivity contribution >= 4 is 22.0 Å². The van der Waals surface area contributed by atoms with Crippen molar-refractivity contribution in [3.05, 3.63) is 35.6 Å². The van der Waals surface area contributed by atoms with E-state index in [-0.39, 0.29) is 17.0 Å². The van der Waals surface area contributed by atoms with E-state index in [1.54, 1.807) is 6.92 Å². The van der Waals surface area contributed by atoms with Crippen LogP contribution in [0.1, 0.15) is 39.5 Å². The predicted molar refractivity (Wildman–Crippen MR) is 75.6 cm³/mol. The molecule has 0 aliphatic heterocycles. The number of halogens is 2. The van der Waals surface area contributed by atoms with Gasteiger partial charge in [-0.25, -0.2) is 17.7 Å². The van der Waals surface area contributed by atoms with Crippen molar-refractivity contribution < 1.29 is 17.4 Å². The summed E-state index contributed by atoms with van der Waals surface area (Å²) >= 11 is 0. The molecule has 1 N–H and O–H groups in total. The van der Waals surface area contributed by atoms with Crippen LogP contribution >= 0.6 is 0 Å². The monoisotopic (exact) mass is 301 g/mol. The molecule has 1 heterocycles. The zero-order chi connectivity index (χ0) is 15.1. The third-order valence-corrected chi connectivity index (χ3v) is 4.52. The highest BCUT2D eigenvalue weighted by Gasteiger charge is 2.23. The first kappa shape index (κ1) is 15.1. The van der Waals surface area contributed by atoms with Crippen LogP contribution in [0.15, 0.2) is 22.6 Å². The number of nitrogens with one attached hydrogen (secondary N) is 1. The fourth-order valence-corrected chi connectivity index (χ4v) is 2.48. The lowest BCUT2D eigenvalue weighted by Gasteiger charge is -2.20. The molecular formula is C14H17F2NO2S. The maximum absolute atomic E-state index is 13.6. The molecule has 0 bridgehead atoms. The molecule has 20 heavy (non-hydrogen) atoms. The van der Waals surface area contributed by atoms with Crippen molar-refractivity contribution in [3.63, 3.8) is 0 Å². The average Bonchev–Trinajstić information content (AvgIpc) is 2.71. The van der Waals surface area contributed by atoms with Gasteiger partial charge in [0.25, 0.3) is 0 Å². The first-order chi connectivity index (χ1) is 9.18. The van der Waals surface area contributed by atoms with Gasteiger partial charge >= 0.3 is 0 Å². The quantitative estimate of drug-likeness (QED) is 0.936. The van der Waals surface area contributed by atoms with Crippen LogP contribution < -0.4 is 4.72 Å². The topological polar surface area (TPSA) is 42.2 Å². The number of fused-ring (bicyclic) bond motifs is 1. The summed E-state index contributed by atoms with van der Waals surface area (Å²) < 4.78 is 46.6. The number of benzene rings is 1. The Morgan fingerprint density at radius 2 is 1.90 bits per heavy atom. The Kier molecular flexibility index (Phi) is 3.97. The Labute approximate surface area is 118 Å². The highest BCUT2D eigenvalue weighted by atomic mass is 32.2. The molecule has 2 atom stereocenters. The Morgan fingerprint density at radius 1 is 1.25 bits per heavy atom. The summed E-state index contributed by atoms with van der Waals surface area (Å²) in [7, 11) is -1.28.